The van der Waals surface area contributed by atoms with Crippen LogP contribution in [0.2, 0.25) is 0 Å². The molecule has 0 heterocycles. The van der Waals surface area contributed by atoms with E-state index in [0.717, 1.165) is 31.2 Å². The molecule has 1 aromatic rings. The van der Waals surface area contributed by atoms with Crippen LogP contribution in [0.3, 0.4) is 0 Å². The van der Waals surface area contributed by atoms with Crippen LogP contribution in [0.15, 0.2) is 30.3 Å². The molecule has 0 atom stereocenters. The number of carbonyl (C=O) groups is 2. The van der Waals surface area contributed by atoms with E-state index in [1.54, 1.807) is 0 Å². The summed E-state index contributed by atoms with van der Waals surface area (Å²) in [7, 11) is 1.43. The molecule has 4 heteroatoms. The summed E-state index contributed by atoms with van der Waals surface area (Å²) < 4.78 is 4.76. The van der Waals surface area contributed by atoms with Gasteiger partial charge in [0.1, 0.15) is 0 Å². The van der Waals surface area contributed by atoms with Crippen LogP contribution >= 0.6 is 0 Å². The quantitative estimate of drug-likeness (QED) is 0.856. The lowest BCUT2D eigenvalue weighted by Gasteiger charge is -2.27. The summed E-state index contributed by atoms with van der Waals surface area (Å²) in [6, 6.07) is 9.90. The van der Waals surface area contributed by atoms with E-state index in [4.69, 9.17) is 4.74 Å². The Balaban J connectivity index is 1.75. The molecule has 20 heavy (non-hydrogen) atoms. The van der Waals surface area contributed by atoms with Gasteiger partial charge >= 0.3 is 5.97 Å². The standard InChI is InChI=1S/C16H21NO3/c1-20-16(19)13-7-9-14(10-8-13)17-15(18)11-12-5-3-2-4-6-12/h2-6,13-14H,7-11H2,1H3,(H,17,18). The van der Waals surface area contributed by atoms with Gasteiger partial charge in [-0.1, -0.05) is 30.3 Å². The number of benzene rings is 1. The molecule has 1 saturated carbocycles. The van der Waals surface area contributed by atoms with Crippen molar-refractivity contribution in [1.82, 2.24) is 5.32 Å². The van der Waals surface area contributed by atoms with Crippen LogP contribution in [0.25, 0.3) is 0 Å². The van der Waals surface area contributed by atoms with Crippen LogP contribution < -0.4 is 5.32 Å². The number of nitrogens with one attached hydrogen (secondary N) is 1. The van der Waals surface area contributed by atoms with Crippen molar-refractivity contribution in [2.75, 3.05) is 7.11 Å². The Bertz CT molecular complexity index is 450. The maximum Gasteiger partial charge on any atom is 0.308 e. The highest BCUT2D eigenvalue weighted by Crippen LogP contribution is 2.25. The summed E-state index contributed by atoms with van der Waals surface area (Å²) in [5.41, 5.74) is 1.02. The van der Waals surface area contributed by atoms with Crippen molar-refractivity contribution in [2.45, 2.75) is 38.1 Å². The summed E-state index contributed by atoms with van der Waals surface area (Å²) in [5, 5.41) is 3.05. The maximum atomic E-state index is 11.9. The van der Waals surface area contributed by atoms with Crippen molar-refractivity contribution >= 4 is 11.9 Å². The molecule has 1 fully saturated rings. The van der Waals surface area contributed by atoms with Crippen LogP contribution in [-0.2, 0) is 20.7 Å². The van der Waals surface area contributed by atoms with Gasteiger partial charge in [-0.3, -0.25) is 9.59 Å². The van der Waals surface area contributed by atoms with Crippen molar-refractivity contribution in [3.8, 4) is 0 Å². The molecule has 0 saturated heterocycles. The summed E-state index contributed by atoms with van der Waals surface area (Å²) in [6.45, 7) is 0. The van der Waals surface area contributed by atoms with E-state index in [9.17, 15) is 9.59 Å². The van der Waals surface area contributed by atoms with E-state index >= 15 is 0 Å². The van der Waals surface area contributed by atoms with E-state index in [2.05, 4.69) is 5.32 Å². The van der Waals surface area contributed by atoms with Gasteiger partial charge in [-0.15, -0.1) is 0 Å². The van der Waals surface area contributed by atoms with Gasteiger partial charge in [0.15, 0.2) is 0 Å². The van der Waals surface area contributed by atoms with E-state index in [1.807, 2.05) is 30.3 Å². The van der Waals surface area contributed by atoms with Gasteiger partial charge in [-0.2, -0.15) is 0 Å². The van der Waals surface area contributed by atoms with Gasteiger partial charge < -0.3 is 10.1 Å². The van der Waals surface area contributed by atoms with Gasteiger partial charge in [0, 0.05) is 6.04 Å². The molecular weight excluding hydrogens is 254 g/mol. The van der Waals surface area contributed by atoms with E-state index in [-0.39, 0.29) is 23.8 Å². The fourth-order valence-electron chi connectivity index (χ4n) is 2.70. The first-order chi connectivity index (χ1) is 9.69. The molecule has 0 unspecified atom stereocenters. The van der Waals surface area contributed by atoms with Crippen molar-refractivity contribution in [1.29, 1.82) is 0 Å². The third-order valence-corrected chi connectivity index (χ3v) is 3.83. The largest absolute Gasteiger partial charge is 0.469 e. The molecule has 2 rings (SSSR count). The minimum atomic E-state index is -0.126. The molecular formula is C16H21NO3. The zero-order chi connectivity index (χ0) is 14.4. The molecule has 1 amide bonds. The Morgan fingerprint density at radius 2 is 1.80 bits per heavy atom. The topological polar surface area (TPSA) is 55.4 Å². The highest BCUT2D eigenvalue weighted by atomic mass is 16.5. The number of methoxy groups -OCH3 is 1. The smallest absolute Gasteiger partial charge is 0.308 e. The van der Waals surface area contributed by atoms with Crippen molar-refractivity contribution in [3.63, 3.8) is 0 Å². The third kappa shape index (κ3) is 4.08. The molecule has 1 N–H and O–H groups in total. The second-order valence-corrected chi connectivity index (χ2v) is 5.30. The molecule has 1 aromatic carbocycles. The average Bonchev–Trinajstić information content (AvgIpc) is 2.48. The SMILES string of the molecule is COC(=O)C1CCC(NC(=O)Cc2ccccc2)CC1. The van der Waals surface area contributed by atoms with Crippen LogP contribution in [0.1, 0.15) is 31.2 Å². The summed E-state index contributed by atoms with van der Waals surface area (Å²) in [5.74, 6) is -0.0703. The summed E-state index contributed by atoms with van der Waals surface area (Å²) in [4.78, 5) is 23.4. The molecule has 1 aliphatic rings. The second kappa shape index (κ2) is 7.08. The van der Waals surface area contributed by atoms with Gasteiger partial charge in [-0.25, -0.2) is 0 Å². The monoisotopic (exact) mass is 275 g/mol. The number of amides is 1. The predicted octanol–water partition coefficient (Wildman–Crippen LogP) is 2.08. The lowest BCUT2D eigenvalue weighted by atomic mass is 9.86. The fourth-order valence-corrected chi connectivity index (χ4v) is 2.70. The normalized spacial score (nSPS) is 22.1. The zero-order valence-electron chi connectivity index (χ0n) is 11.8. The molecule has 0 aromatic heterocycles. The highest BCUT2D eigenvalue weighted by molar-refractivity contribution is 5.79. The first-order valence-corrected chi connectivity index (χ1v) is 7.10. The minimum Gasteiger partial charge on any atom is -0.469 e. The Hall–Kier alpha value is -1.84. The van der Waals surface area contributed by atoms with Crippen molar-refractivity contribution < 1.29 is 14.3 Å². The summed E-state index contributed by atoms with van der Waals surface area (Å²) in [6.07, 6.45) is 3.70. The van der Waals surface area contributed by atoms with Gasteiger partial charge in [0.25, 0.3) is 0 Å². The average molecular weight is 275 g/mol. The van der Waals surface area contributed by atoms with Crippen molar-refractivity contribution in [3.05, 3.63) is 35.9 Å². The number of ether oxygens (including phenoxy) is 1. The Kier molecular flexibility index (Phi) is 5.16. The Morgan fingerprint density at radius 1 is 1.15 bits per heavy atom. The number of carbonyl (C=O) groups excluding carboxylic acids is 2. The highest BCUT2D eigenvalue weighted by Gasteiger charge is 2.27. The predicted molar refractivity (Wildman–Crippen MR) is 76.1 cm³/mol. The second-order valence-electron chi connectivity index (χ2n) is 5.30. The van der Waals surface area contributed by atoms with E-state index in [0.29, 0.717) is 6.42 Å². The Morgan fingerprint density at radius 3 is 2.40 bits per heavy atom. The number of esters is 1. The molecule has 1 aliphatic carbocycles. The molecule has 0 bridgehead atoms. The lowest BCUT2D eigenvalue weighted by molar-refractivity contribution is -0.146. The first kappa shape index (κ1) is 14.6. The first-order valence-electron chi connectivity index (χ1n) is 7.10. The van der Waals surface area contributed by atoms with Crippen molar-refractivity contribution in [2.24, 2.45) is 5.92 Å². The van der Waals surface area contributed by atoms with Crippen LogP contribution in [0, 0.1) is 5.92 Å². The lowest BCUT2D eigenvalue weighted by Crippen LogP contribution is -2.39. The number of rotatable bonds is 4. The van der Waals surface area contributed by atoms with Gasteiger partial charge in [0.05, 0.1) is 19.4 Å². The number of hydrogen-bond acceptors (Lipinski definition) is 3. The van der Waals surface area contributed by atoms with Crippen LogP contribution in [-0.4, -0.2) is 25.0 Å². The van der Waals surface area contributed by atoms with E-state index in [1.165, 1.54) is 7.11 Å². The zero-order valence-corrected chi connectivity index (χ0v) is 11.8. The summed E-state index contributed by atoms with van der Waals surface area (Å²) >= 11 is 0. The van der Waals surface area contributed by atoms with Crippen LogP contribution in [0.5, 0.6) is 0 Å². The third-order valence-electron chi connectivity index (χ3n) is 3.83. The molecule has 108 valence electrons. The van der Waals surface area contributed by atoms with Crippen LogP contribution in [0.4, 0.5) is 0 Å². The van der Waals surface area contributed by atoms with Gasteiger partial charge in [0.2, 0.25) is 5.91 Å². The molecule has 0 aliphatic heterocycles. The van der Waals surface area contributed by atoms with Gasteiger partial charge in [-0.05, 0) is 31.2 Å². The number of hydrogen-bond donors (Lipinski definition) is 1. The van der Waals surface area contributed by atoms with E-state index < -0.39 is 0 Å². The maximum absolute atomic E-state index is 11.9. The minimum absolute atomic E-state index is 0.00211. The molecule has 4 nitrogen and oxygen atoms in total. The molecule has 0 spiro atoms. The molecule has 0 radical (unpaired) electrons. The Labute approximate surface area is 119 Å². The fraction of sp³-hybridized carbons (Fsp3) is 0.500.